The number of hydrogen-bond acceptors (Lipinski definition) is 3. The summed E-state index contributed by atoms with van der Waals surface area (Å²) in [5, 5.41) is 2.81. The molecule has 0 unspecified atom stereocenters. The molecule has 22 heavy (non-hydrogen) atoms. The summed E-state index contributed by atoms with van der Waals surface area (Å²) in [5.74, 6) is 1.73. The van der Waals surface area contributed by atoms with Crippen LogP contribution in [0.15, 0.2) is 18.2 Å². The van der Waals surface area contributed by atoms with Crippen LogP contribution < -0.4 is 10.1 Å². The lowest BCUT2D eigenvalue weighted by atomic mass is 9.96. The molecule has 3 rings (SSSR count). The Morgan fingerprint density at radius 2 is 2.14 bits per heavy atom. The Morgan fingerprint density at radius 1 is 1.36 bits per heavy atom. The van der Waals surface area contributed by atoms with Gasteiger partial charge in [0.1, 0.15) is 11.4 Å². The van der Waals surface area contributed by atoms with Crippen LogP contribution in [0, 0.1) is 5.92 Å². The van der Waals surface area contributed by atoms with Crippen molar-refractivity contribution in [2.24, 2.45) is 5.92 Å². The molecule has 1 N–H and O–H groups in total. The number of benzene rings is 1. The van der Waals surface area contributed by atoms with Crippen molar-refractivity contribution in [1.29, 1.82) is 0 Å². The van der Waals surface area contributed by atoms with Crippen molar-refractivity contribution in [3.05, 3.63) is 29.3 Å². The van der Waals surface area contributed by atoms with Gasteiger partial charge in [-0.1, -0.05) is 18.2 Å². The third-order valence-electron chi connectivity index (χ3n) is 4.76. The highest BCUT2D eigenvalue weighted by molar-refractivity contribution is 5.46. The highest BCUT2D eigenvalue weighted by Gasteiger charge is 2.32. The molecule has 1 aromatic carbocycles. The van der Waals surface area contributed by atoms with Crippen molar-refractivity contribution in [1.82, 2.24) is 10.2 Å². The van der Waals surface area contributed by atoms with E-state index in [1.54, 1.807) is 0 Å². The normalized spacial score (nSPS) is 21.2. The first-order valence-corrected chi connectivity index (χ1v) is 8.26. The number of para-hydroxylation sites is 1. The van der Waals surface area contributed by atoms with Crippen LogP contribution in [0.1, 0.15) is 37.8 Å². The van der Waals surface area contributed by atoms with Crippen molar-refractivity contribution >= 4 is 6.41 Å². The largest absolute Gasteiger partial charge is 0.487 e. The third-order valence-corrected chi connectivity index (χ3v) is 4.76. The van der Waals surface area contributed by atoms with Crippen molar-refractivity contribution in [2.45, 2.75) is 45.3 Å². The van der Waals surface area contributed by atoms with E-state index < -0.39 is 0 Å². The van der Waals surface area contributed by atoms with Gasteiger partial charge in [0.2, 0.25) is 6.41 Å². The predicted molar refractivity (Wildman–Crippen MR) is 86.9 cm³/mol. The summed E-state index contributed by atoms with van der Waals surface area (Å²) in [4.78, 5) is 12.9. The first kappa shape index (κ1) is 15.3. The van der Waals surface area contributed by atoms with Gasteiger partial charge in [-0.3, -0.25) is 9.69 Å². The van der Waals surface area contributed by atoms with E-state index in [0.29, 0.717) is 5.92 Å². The summed E-state index contributed by atoms with van der Waals surface area (Å²) in [6.45, 7) is 8.28. The Morgan fingerprint density at radius 3 is 2.86 bits per heavy atom. The van der Waals surface area contributed by atoms with Crippen LogP contribution in [-0.2, 0) is 17.8 Å². The van der Waals surface area contributed by atoms with Gasteiger partial charge in [0.15, 0.2) is 0 Å². The number of nitrogens with zero attached hydrogens (tertiary/aromatic N) is 1. The predicted octanol–water partition coefficient (Wildman–Crippen LogP) is 2.36. The molecule has 1 aromatic rings. The Hall–Kier alpha value is -1.55. The second-order valence-corrected chi connectivity index (χ2v) is 7.19. The van der Waals surface area contributed by atoms with Gasteiger partial charge >= 0.3 is 0 Å². The van der Waals surface area contributed by atoms with E-state index in [4.69, 9.17) is 4.74 Å². The lowest BCUT2D eigenvalue weighted by Gasteiger charge is -2.32. The molecule has 0 bridgehead atoms. The van der Waals surface area contributed by atoms with E-state index in [1.807, 2.05) is 0 Å². The molecule has 0 atom stereocenters. The number of carbonyl (C=O) groups excluding carboxylic acids is 1. The standard InChI is InChI=1S/C18H26N2O2/c1-18(2)10-15-4-3-5-16(17(15)22-18)12-20-8-6-14(7-9-20)11-19-13-21/h3-5,13-14H,6-12H2,1-2H3,(H,19,21). The van der Waals surface area contributed by atoms with E-state index in [2.05, 4.69) is 42.3 Å². The van der Waals surface area contributed by atoms with Gasteiger partial charge < -0.3 is 10.1 Å². The Bertz CT molecular complexity index is 534. The van der Waals surface area contributed by atoms with Gasteiger partial charge in [-0.15, -0.1) is 0 Å². The molecule has 0 aliphatic carbocycles. The molecule has 2 heterocycles. The summed E-state index contributed by atoms with van der Waals surface area (Å²) in [7, 11) is 0. The maximum absolute atomic E-state index is 10.4. The molecule has 0 radical (unpaired) electrons. The molecule has 2 aliphatic heterocycles. The highest BCUT2D eigenvalue weighted by atomic mass is 16.5. The van der Waals surface area contributed by atoms with Crippen LogP contribution in [0.2, 0.25) is 0 Å². The Labute approximate surface area is 132 Å². The van der Waals surface area contributed by atoms with Crippen LogP contribution in [0.3, 0.4) is 0 Å². The van der Waals surface area contributed by atoms with Gasteiger partial charge in [-0.2, -0.15) is 0 Å². The molecule has 0 saturated carbocycles. The molecular formula is C18H26N2O2. The number of rotatable bonds is 5. The van der Waals surface area contributed by atoms with E-state index in [0.717, 1.165) is 57.6 Å². The molecule has 1 saturated heterocycles. The first-order valence-electron chi connectivity index (χ1n) is 8.26. The summed E-state index contributed by atoms with van der Waals surface area (Å²) >= 11 is 0. The number of carbonyl (C=O) groups is 1. The minimum atomic E-state index is -0.0775. The Kier molecular flexibility index (Phi) is 4.39. The fourth-order valence-electron chi connectivity index (χ4n) is 3.61. The topological polar surface area (TPSA) is 41.6 Å². The van der Waals surface area contributed by atoms with E-state index in [1.165, 1.54) is 11.1 Å². The fraction of sp³-hybridized carbons (Fsp3) is 0.611. The maximum atomic E-state index is 10.4. The number of likely N-dealkylation sites (tertiary alicyclic amines) is 1. The zero-order valence-electron chi connectivity index (χ0n) is 13.6. The minimum Gasteiger partial charge on any atom is -0.487 e. The monoisotopic (exact) mass is 302 g/mol. The maximum Gasteiger partial charge on any atom is 0.207 e. The average molecular weight is 302 g/mol. The van der Waals surface area contributed by atoms with Gasteiger partial charge in [0.25, 0.3) is 0 Å². The molecule has 1 amide bonds. The number of hydrogen-bond donors (Lipinski definition) is 1. The zero-order chi connectivity index (χ0) is 15.6. The molecule has 4 heteroatoms. The van der Waals surface area contributed by atoms with Gasteiger partial charge in [-0.05, 0) is 51.3 Å². The minimum absolute atomic E-state index is 0.0775. The molecule has 2 aliphatic rings. The lowest BCUT2D eigenvalue weighted by Crippen LogP contribution is -2.36. The second-order valence-electron chi connectivity index (χ2n) is 7.19. The number of fused-ring (bicyclic) bond motifs is 1. The van der Waals surface area contributed by atoms with Crippen LogP contribution >= 0.6 is 0 Å². The van der Waals surface area contributed by atoms with Crippen LogP contribution in [-0.4, -0.2) is 36.5 Å². The first-order chi connectivity index (χ1) is 10.6. The van der Waals surface area contributed by atoms with Gasteiger partial charge in [0.05, 0.1) is 0 Å². The lowest BCUT2D eigenvalue weighted by molar-refractivity contribution is -0.109. The average Bonchev–Trinajstić information content (AvgIpc) is 2.82. The molecule has 1 fully saturated rings. The molecule has 120 valence electrons. The number of ether oxygens (including phenoxy) is 1. The fourth-order valence-corrected chi connectivity index (χ4v) is 3.61. The van der Waals surface area contributed by atoms with Gasteiger partial charge in [0, 0.05) is 25.1 Å². The summed E-state index contributed by atoms with van der Waals surface area (Å²) in [6, 6.07) is 6.53. The van der Waals surface area contributed by atoms with Crippen LogP contribution in [0.25, 0.3) is 0 Å². The Balaban J connectivity index is 1.60. The second kappa shape index (κ2) is 6.29. The van der Waals surface area contributed by atoms with Crippen molar-refractivity contribution in [2.75, 3.05) is 19.6 Å². The molecule has 4 nitrogen and oxygen atoms in total. The summed E-state index contributed by atoms with van der Waals surface area (Å²) in [6.07, 6.45) is 4.11. The molecule has 0 aromatic heterocycles. The highest BCUT2D eigenvalue weighted by Crippen LogP contribution is 2.38. The zero-order valence-corrected chi connectivity index (χ0v) is 13.6. The van der Waals surface area contributed by atoms with Crippen LogP contribution in [0.5, 0.6) is 5.75 Å². The van der Waals surface area contributed by atoms with E-state index in [-0.39, 0.29) is 5.60 Å². The SMILES string of the molecule is CC1(C)Cc2cccc(CN3CCC(CNC=O)CC3)c2O1. The van der Waals surface area contributed by atoms with E-state index >= 15 is 0 Å². The number of piperidine rings is 1. The van der Waals surface area contributed by atoms with Crippen LogP contribution in [0.4, 0.5) is 0 Å². The molecular weight excluding hydrogens is 276 g/mol. The van der Waals surface area contributed by atoms with Crippen molar-refractivity contribution in [3.63, 3.8) is 0 Å². The third kappa shape index (κ3) is 3.43. The summed E-state index contributed by atoms with van der Waals surface area (Å²) in [5.41, 5.74) is 2.58. The number of nitrogens with one attached hydrogen (secondary N) is 1. The smallest absolute Gasteiger partial charge is 0.207 e. The molecule has 0 spiro atoms. The van der Waals surface area contributed by atoms with Crippen molar-refractivity contribution < 1.29 is 9.53 Å². The summed E-state index contributed by atoms with van der Waals surface area (Å²) < 4.78 is 6.17. The van der Waals surface area contributed by atoms with Gasteiger partial charge in [-0.25, -0.2) is 0 Å². The van der Waals surface area contributed by atoms with Crippen molar-refractivity contribution in [3.8, 4) is 5.75 Å². The van der Waals surface area contributed by atoms with E-state index in [9.17, 15) is 4.79 Å². The quantitative estimate of drug-likeness (QED) is 0.849. The number of amides is 1.